The Hall–Kier alpha value is -4.67. The molecule has 0 saturated carbocycles. The number of ether oxygens (including phenoxy) is 1. The van der Waals surface area contributed by atoms with Gasteiger partial charge in [-0.05, 0) is 37.1 Å². The number of aromatic nitrogens is 4. The number of rotatable bonds is 14. The Morgan fingerprint density at radius 1 is 0.860 bits per heavy atom. The molecule has 4 heterocycles. The number of carbonyl (C=O) groups excluding carboxylic acids is 2. The number of nitrogens with one attached hydrogen (secondary N) is 4. The summed E-state index contributed by atoms with van der Waals surface area (Å²) >= 11 is 0. The van der Waals surface area contributed by atoms with Crippen molar-refractivity contribution in [2.75, 3.05) is 57.7 Å². The average Bonchev–Trinajstić information content (AvgIpc) is 3.70. The normalized spacial score (nSPS) is 21.0. The van der Waals surface area contributed by atoms with Crippen LogP contribution < -0.4 is 21.3 Å². The zero-order valence-electron chi connectivity index (χ0n) is 27.8. The third-order valence-electron chi connectivity index (χ3n) is 9.15. The van der Waals surface area contributed by atoms with Crippen LogP contribution in [0.3, 0.4) is 0 Å². The minimum Gasteiger partial charge on any atom is -0.394 e. The minimum absolute atomic E-state index is 0.0701. The Morgan fingerprint density at radius 3 is 2.18 bits per heavy atom. The van der Waals surface area contributed by atoms with Crippen LogP contribution in [0.5, 0.6) is 0 Å². The van der Waals surface area contributed by atoms with E-state index in [0.29, 0.717) is 18.6 Å². The summed E-state index contributed by atoms with van der Waals surface area (Å²) in [7, 11) is 0. The Bertz CT molecular complexity index is 1660. The molecule has 266 valence electrons. The summed E-state index contributed by atoms with van der Waals surface area (Å²) in [5.41, 5.74) is 2.66. The van der Waals surface area contributed by atoms with Crippen molar-refractivity contribution in [3.63, 3.8) is 0 Å². The van der Waals surface area contributed by atoms with Crippen molar-refractivity contribution in [1.29, 1.82) is 0 Å². The maximum atomic E-state index is 13.4. The molecule has 2 aliphatic heterocycles. The first kappa shape index (κ1) is 35.2. The third kappa shape index (κ3) is 8.37. The lowest BCUT2D eigenvalue weighted by Gasteiger charge is -2.26. The number of benzene rings is 2. The first-order valence-electron chi connectivity index (χ1n) is 17.2. The molecule has 0 aliphatic carbocycles. The molecule has 3 amide bonds. The smallest absolute Gasteiger partial charge is 0.314 e. The minimum atomic E-state index is -1.38. The van der Waals surface area contributed by atoms with Crippen molar-refractivity contribution in [1.82, 2.24) is 40.4 Å². The van der Waals surface area contributed by atoms with Crippen LogP contribution in [0.4, 0.5) is 10.6 Å². The summed E-state index contributed by atoms with van der Waals surface area (Å²) in [6, 6.07) is 19.7. The van der Waals surface area contributed by atoms with Gasteiger partial charge in [0.2, 0.25) is 5.82 Å². The Balaban J connectivity index is 1.17. The molecule has 2 aromatic heterocycles. The largest absolute Gasteiger partial charge is 0.394 e. The number of nitrogens with zero attached hydrogens (tertiary/aromatic N) is 5. The highest BCUT2D eigenvalue weighted by molar-refractivity contribution is 5.94. The van der Waals surface area contributed by atoms with Gasteiger partial charge in [-0.1, -0.05) is 67.1 Å². The molecule has 0 unspecified atom stereocenters. The summed E-state index contributed by atoms with van der Waals surface area (Å²) in [5, 5.41) is 42.6. The van der Waals surface area contributed by atoms with Crippen LogP contribution >= 0.6 is 0 Å². The highest BCUT2D eigenvalue weighted by atomic mass is 16.6. The second kappa shape index (κ2) is 16.8. The summed E-state index contributed by atoms with van der Waals surface area (Å²) in [6.07, 6.45) is 0.176. The van der Waals surface area contributed by atoms with Gasteiger partial charge in [-0.3, -0.25) is 9.36 Å². The van der Waals surface area contributed by atoms with Crippen molar-refractivity contribution < 1.29 is 29.6 Å². The van der Waals surface area contributed by atoms with Crippen LogP contribution in [0, 0.1) is 0 Å². The van der Waals surface area contributed by atoms with E-state index in [1.165, 1.54) is 30.2 Å². The van der Waals surface area contributed by atoms with E-state index in [1.807, 2.05) is 60.7 Å². The number of hydrogen-bond acceptors (Lipinski definition) is 11. The second-order valence-electron chi connectivity index (χ2n) is 12.5. The van der Waals surface area contributed by atoms with E-state index in [0.717, 1.165) is 30.8 Å². The molecule has 0 spiro atoms. The molecule has 0 bridgehead atoms. The first-order chi connectivity index (χ1) is 24.4. The average molecular weight is 688 g/mol. The molecule has 50 heavy (non-hydrogen) atoms. The predicted molar refractivity (Wildman–Crippen MR) is 186 cm³/mol. The zero-order chi connectivity index (χ0) is 34.9. The van der Waals surface area contributed by atoms with Gasteiger partial charge in [0.1, 0.15) is 18.3 Å². The summed E-state index contributed by atoms with van der Waals surface area (Å²) in [6.45, 7) is 3.67. The Labute approximate surface area is 290 Å². The number of imidazole rings is 1. The van der Waals surface area contributed by atoms with Crippen LogP contribution in [0.15, 0.2) is 67.0 Å². The molecular formula is C35H45N9O6. The van der Waals surface area contributed by atoms with Crippen LogP contribution in [0.25, 0.3) is 11.2 Å². The van der Waals surface area contributed by atoms with E-state index < -0.39 is 37.1 Å². The lowest BCUT2D eigenvalue weighted by atomic mass is 9.91. The Kier molecular flexibility index (Phi) is 11.8. The van der Waals surface area contributed by atoms with E-state index in [-0.39, 0.29) is 42.3 Å². The van der Waals surface area contributed by atoms with Crippen molar-refractivity contribution in [2.45, 2.75) is 49.7 Å². The number of urea groups is 1. The Morgan fingerprint density at radius 2 is 1.52 bits per heavy atom. The van der Waals surface area contributed by atoms with Crippen LogP contribution in [0.2, 0.25) is 0 Å². The quantitative estimate of drug-likeness (QED) is 0.0941. The number of aliphatic hydroxyl groups excluding tert-OH is 3. The summed E-state index contributed by atoms with van der Waals surface area (Å²) in [5.74, 6) is -0.540. The van der Waals surface area contributed by atoms with Gasteiger partial charge in [0.05, 0.1) is 12.9 Å². The van der Waals surface area contributed by atoms with Crippen LogP contribution in [-0.2, 0) is 4.74 Å². The fourth-order valence-electron chi connectivity index (χ4n) is 6.44. The third-order valence-corrected chi connectivity index (χ3v) is 9.15. The van der Waals surface area contributed by atoms with Crippen molar-refractivity contribution in [2.24, 2.45) is 0 Å². The fourth-order valence-corrected chi connectivity index (χ4v) is 6.44. The lowest BCUT2D eigenvalue weighted by molar-refractivity contribution is -0.0511. The topological polar surface area (TPSA) is 199 Å². The molecule has 15 nitrogen and oxygen atoms in total. The molecule has 2 aliphatic rings. The van der Waals surface area contributed by atoms with E-state index in [1.54, 1.807) is 0 Å². The van der Waals surface area contributed by atoms with E-state index in [2.05, 4.69) is 41.1 Å². The van der Waals surface area contributed by atoms with E-state index in [4.69, 9.17) is 4.74 Å². The number of hydrogen-bond donors (Lipinski definition) is 7. The van der Waals surface area contributed by atoms with Gasteiger partial charge in [0, 0.05) is 38.6 Å². The van der Waals surface area contributed by atoms with Gasteiger partial charge >= 0.3 is 6.03 Å². The van der Waals surface area contributed by atoms with Gasteiger partial charge in [-0.2, -0.15) is 0 Å². The van der Waals surface area contributed by atoms with Crippen LogP contribution in [-0.4, -0.2) is 122 Å². The molecule has 7 N–H and O–H groups in total. The summed E-state index contributed by atoms with van der Waals surface area (Å²) in [4.78, 5) is 41.6. The number of carbonyl (C=O) groups is 2. The maximum absolute atomic E-state index is 13.4. The van der Waals surface area contributed by atoms with E-state index >= 15 is 0 Å². The van der Waals surface area contributed by atoms with Gasteiger partial charge in [0.25, 0.3) is 5.91 Å². The SMILES string of the molecule is O=C(NCCNC(=O)c1nc(NCC(c2ccccc2)c2ccccc2)c2ncn([C@@H]3O[C@H](CO)[C@@H](O)[C@H]3O)c2n1)NCCN1CCCCC1. The van der Waals surface area contributed by atoms with Crippen molar-refractivity contribution in [3.8, 4) is 0 Å². The van der Waals surface area contributed by atoms with Gasteiger partial charge in [-0.15, -0.1) is 0 Å². The fraction of sp³-hybridized carbons (Fsp3) is 0.457. The lowest BCUT2D eigenvalue weighted by Crippen LogP contribution is -2.43. The van der Waals surface area contributed by atoms with Gasteiger partial charge in [0.15, 0.2) is 23.2 Å². The number of aliphatic hydroxyl groups is 3. The molecule has 2 aromatic carbocycles. The number of likely N-dealkylation sites (tertiary alicyclic amines) is 1. The maximum Gasteiger partial charge on any atom is 0.314 e. The van der Waals surface area contributed by atoms with Crippen molar-refractivity contribution in [3.05, 3.63) is 83.9 Å². The molecule has 2 fully saturated rings. The highest BCUT2D eigenvalue weighted by Crippen LogP contribution is 2.33. The molecule has 2 saturated heterocycles. The first-order valence-corrected chi connectivity index (χ1v) is 17.2. The highest BCUT2D eigenvalue weighted by Gasteiger charge is 2.44. The molecule has 15 heteroatoms. The van der Waals surface area contributed by atoms with Gasteiger partial charge in [-0.25, -0.2) is 19.7 Å². The van der Waals surface area contributed by atoms with E-state index in [9.17, 15) is 24.9 Å². The molecule has 4 aromatic rings. The van der Waals surface area contributed by atoms with Crippen LogP contribution in [0.1, 0.15) is 53.2 Å². The van der Waals surface area contributed by atoms with Gasteiger partial charge < -0.3 is 46.2 Å². The number of fused-ring (bicyclic) bond motifs is 1. The monoisotopic (exact) mass is 687 g/mol. The summed E-state index contributed by atoms with van der Waals surface area (Å²) < 4.78 is 7.17. The molecular weight excluding hydrogens is 642 g/mol. The predicted octanol–water partition coefficient (Wildman–Crippen LogP) is 1.20. The number of amides is 3. The number of anilines is 1. The standard InChI is InChI=1S/C35H45N9O6/c45-21-26-28(46)29(47)34(50-26)44-22-40-27-30(39-20-25(23-10-4-1-5-11-23)24-12-6-2-7-13-24)41-31(42-32(27)44)33(48)36-14-15-37-35(49)38-16-19-43-17-8-3-9-18-43/h1-2,4-7,10-13,22,25-26,28-29,34,45-47H,3,8-9,14-21H2,(H,36,48)(H2,37,38,49)(H,39,41,42)/t26-,28-,29-,34-/m1/s1. The number of piperidine rings is 1. The molecule has 4 atom stereocenters. The molecule has 6 rings (SSSR count). The molecule has 0 radical (unpaired) electrons. The van der Waals surface area contributed by atoms with Crippen molar-refractivity contribution >= 4 is 28.9 Å². The second-order valence-corrected chi connectivity index (χ2v) is 12.5. The zero-order valence-corrected chi connectivity index (χ0v) is 27.8.